The molecule has 0 aliphatic heterocycles. The van der Waals surface area contributed by atoms with E-state index in [0.717, 1.165) is 16.9 Å². The molecule has 162 valence electrons. The minimum atomic E-state index is -0.0860. The van der Waals surface area contributed by atoms with Gasteiger partial charge in [-0.2, -0.15) is 5.10 Å². The number of ether oxygens (including phenoxy) is 1. The van der Waals surface area contributed by atoms with Gasteiger partial charge >= 0.3 is 0 Å². The number of rotatable bonds is 7. The number of pyridine rings is 1. The fraction of sp³-hybridized carbons (Fsp3) is 0.192. The number of methoxy groups -OCH3 is 1. The maximum absolute atomic E-state index is 13.4. The Labute approximate surface area is 188 Å². The molecule has 4 rings (SSSR count). The molecule has 4 aromatic rings. The number of aromatic nitrogens is 3. The third-order valence-electron chi connectivity index (χ3n) is 5.36. The van der Waals surface area contributed by atoms with Gasteiger partial charge in [-0.25, -0.2) is 4.68 Å². The number of benzene rings is 2. The van der Waals surface area contributed by atoms with Crippen molar-refractivity contribution in [2.75, 3.05) is 20.7 Å². The van der Waals surface area contributed by atoms with E-state index in [-0.39, 0.29) is 5.91 Å². The van der Waals surface area contributed by atoms with Crippen molar-refractivity contribution in [3.05, 3.63) is 95.9 Å². The molecule has 0 saturated carbocycles. The van der Waals surface area contributed by atoms with Crippen LogP contribution in [0.4, 0.5) is 0 Å². The van der Waals surface area contributed by atoms with Gasteiger partial charge in [-0.3, -0.25) is 9.78 Å². The van der Waals surface area contributed by atoms with Gasteiger partial charge in [0.05, 0.1) is 18.4 Å². The van der Waals surface area contributed by atoms with Crippen LogP contribution < -0.4 is 4.74 Å². The van der Waals surface area contributed by atoms with Gasteiger partial charge in [0.2, 0.25) is 0 Å². The Morgan fingerprint density at radius 3 is 2.59 bits per heavy atom. The number of likely N-dealkylation sites (N-methyl/N-ethyl adjacent to an activating group) is 1. The van der Waals surface area contributed by atoms with Crippen molar-refractivity contribution in [2.24, 2.45) is 0 Å². The summed E-state index contributed by atoms with van der Waals surface area (Å²) in [5, 5.41) is 4.78. The van der Waals surface area contributed by atoms with Crippen LogP contribution in [0, 0.1) is 6.92 Å². The van der Waals surface area contributed by atoms with Crippen molar-refractivity contribution in [2.45, 2.75) is 13.3 Å². The predicted molar refractivity (Wildman–Crippen MR) is 125 cm³/mol. The molecule has 0 bridgehead atoms. The topological polar surface area (TPSA) is 60.3 Å². The average Bonchev–Trinajstić information content (AvgIpc) is 3.28. The van der Waals surface area contributed by atoms with Gasteiger partial charge in [-0.15, -0.1) is 0 Å². The summed E-state index contributed by atoms with van der Waals surface area (Å²) < 4.78 is 7.14. The van der Waals surface area contributed by atoms with E-state index in [1.54, 1.807) is 29.1 Å². The molecule has 0 aliphatic rings. The highest BCUT2D eigenvalue weighted by Crippen LogP contribution is 2.28. The molecule has 2 aromatic heterocycles. The number of hydrogen-bond acceptors (Lipinski definition) is 4. The van der Waals surface area contributed by atoms with Crippen molar-refractivity contribution in [3.8, 4) is 22.7 Å². The average molecular weight is 427 g/mol. The lowest BCUT2D eigenvalue weighted by atomic mass is 10.1. The van der Waals surface area contributed by atoms with E-state index in [2.05, 4.69) is 4.98 Å². The van der Waals surface area contributed by atoms with Crippen LogP contribution in [0.5, 0.6) is 5.75 Å². The fourth-order valence-corrected chi connectivity index (χ4v) is 3.48. The molecule has 0 unspecified atom stereocenters. The van der Waals surface area contributed by atoms with Crippen LogP contribution in [0.3, 0.4) is 0 Å². The second-order valence-corrected chi connectivity index (χ2v) is 7.70. The van der Waals surface area contributed by atoms with Crippen LogP contribution in [0.2, 0.25) is 0 Å². The Hall–Kier alpha value is -3.93. The van der Waals surface area contributed by atoms with Crippen LogP contribution in [0.15, 0.2) is 79.1 Å². The van der Waals surface area contributed by atoms with Gasteiger partial charge in [-0.1, -0.05) is 35.9 Å². The number of carbonyl (C=O) groups is 1. The maximum atomic E-state index is 13.4. The molecule has 6 nitrogen and oxygen atoms in total. The Morgan fingerprint density at radius 1 is 1.06 bits per heavy atom. The zero-order valence-corrected chi connectivity index (χ0v) is 18.5. The van der Waals surface area contributed by atoms with Crippen molar-refractivity contribution in [1.29, 1.82) is 0 Å². The summed E-state index contributed by atoms with van der Waals surface area (Å²) in [4.78, 5) is 19.5. The lowest BCUT2D eigenvalue weighted by Gasteiger charge is -2.17. The standard InChI is InChI=1S/C26H26N4O2/c1-19-10-12-22(13-11-19)30-18-24(25(28-30)20-7-6-9-23(17-20)32-3)26(31)29(2)16-14-21-8-4-5-15-27-21/h4-13,15,17-18H,14,16H2,1-3H3. The Morgan fingerprint density at radius 2 is 1.88 bits per heavy atom. The van der Waals surface area contributed by atoms with Gasteiger partial charge in [-0.05, 0) is 43.3 Å². The highest BCUT2D eigenvalue weighted by atomic mass is 16.5. The minimum absolute atomic E-state index is 0.0860. The molecule has 0 saturated heterocycles. The molecule has 2 heterocycles. The van der Waals surface area contributed by atoms with Gasteiger partial charge in [0.25, 0.3) is 5.91 Å². The summed E-state index contributed by atoms with van der Waals surface area (Å²) in [5.74, 6) is 0.631. The van der Waals surface area contributed by atoms with Gasteiger partial charge in [0, 0.05) is 43.7 Å². The van der Waals surface area contributed by atoms with Crippen LogP contribution in [-0.4, -0.2) is 46.3 Å². The van der Waals surface area contributed by atoms with Crippen LogP contribution in [-0.2, 0) is 6.42 Å². The third kappa shape index (κ3) is 4.70. The lowest BCUT2D eigenvalue weighted by Crippen LogP contribution is -2.29. The first-order chi connectivity index (χ1) is 15.5. The van der Waals surface area contributed by atoms with Crippen molar-refractivity contribution in [1.82, 2.24) is 19.7 Å². The van der Waals surface area contributed by atoms with Gasteiger partial charge in [0.15, 0.2) is 0 Å². The summed E-state index contributed by atoms with van der Waals surface area (Å²) in [7, 11) is 3.44. The SMILES string of the molecule is COc1cccc(-c2nn(-c3ccc(C)cc3)cc2C(=O)N(C)CCc2ccccn2)c1. The number of aryl methyl sites for hydroxylation is 1. The highest BCUT2D eigenvalue weighted by molar-refractivity contribution is 5.99. The lowest BCUT2D eigenvalue weighted by molar-refractivity contribution is 0.0797. The molecular weight excluding hydrogens is 400 g/mol. The summed E-state index contributed by atoms with van der Waals surface area (Å²) >= 11 is 0. The molecule has 0 N–H and O–H groups in total. The van der Waals surface area contributed by atoms with Gasteiger partial charge in [0.1, 0.15) is 11.4 Å². The second-order valence-electron chi connectivity index (χ2n) is 7.70. The first-order valence-corrected chi connectivity index (χ1v) is 10.5. The number of hydrogen-bond donors (Lipinski definition) is 0. The second kappa shape index (κ2) is 9.47. The van der Waals surface area contributed by atoms with E-state index in [1.807, 2.05) is 80.7 Å². The highest BCUT2D eigenvalue weighted by Gasteiger charge is 2.22. The minimum Gasteiger partial charge on any atom is -0.497 e. The molecule has 32 heavy (non-hydrogen) atoms. The zero-order valence-electron chi connectivity index (χ0n) is 18.5. The van der Waals surface area contributed by atoms with E-state index in [4.69, 9.17) is 9.84 Å². The number of carbonyl (C=O) groups excluding carboxylic acids is 1. The first-order valence-electron chi connectivity index (χ1n) is 10.5. The van der Waals surface area contributed by atoms with Crippen LogP contribution >= 0.6 is 0 Å². The summed E-state index contributed by atoms with van der Waals surface area (Å²) in [6, 6.07) is 21.5. The molecule has 0 aliphatic carbocycles. The van der Waals surface area contributed by atoms with Gasteiger partial charge < -0.3 is 9.64 Å². The molecule has 1 amide bonds. The molecule has 0 radical (unpaired) electrons. The van der Waals surface area contributed by atoms with E-state index >= 15 is 0 Å². The fourth-order valence-electron chi connectivity index (χ4n) is 3.48. The first kappa shape index (κ1) is 21.3. The van der Waals surface area contributed by atoms with E-state index < -0.39 is 0 Å². The van der Waals surface area contributed by atoms with E-state index in [9.17, 15) is 4.79 Å². The molecular formula is C26H26N4O2. The Balaban J connectivity index is 1.68. The maximum Gasteiger partial charge on any atom is 0.257 e. The smallest absolute Gasteiger partial charge is 0.257 e. The molecule has 0 atom stereocenters. The predicted octanol–water partition coefficient (Wildman–Crippen LogP) is 4.57. The summed E-state index contributed by atoms with van der Waals surface area (Å²) in [6.45, 7) is 2.60. The Bertz CT molecular complexity index is 1200. The normalized spacial score (nSPS) is 10.7. The van der Waals surface area contributed by atoms with Crippen molar-refractivity contribution < 1.29 is 9.53 Å². The van der Waals surface area contributed by atoms with Crippen molar-refractivity contribution >= 4 is 5.91 Å². The van der Waals surface area contributed by atoms with Crippen LogP contribution in [0.1, 0.15) is 21.6 Å². The monoisotopic (exact) mass is 426 g/mol. The zero-order chi connectivity index (χ0) is 22.5. The largest absolute Gasteiger partial charge is 0.497 e. The van der Waals surface area contributed by atoms with Crippen LogP contribution in [0.25, 0.3) is 16.9 Å². The molecule has 2 aromatic carbocycles. The molecule has 0 spiro atoms. The summed E-state index contributed by atoms with van der Waals surface area (Å²) in [5.41, 5.74) is 5.02. The van der Waals surface area contributed by atoms with Crippen molar-refractivity contribution in [3.63, 3.8) is 0 Å². The van der Waals surface area contributed by atoms with E-state index in [1.165, 1.54) is 5.56 Å². The molecule has 0 fully saturated rings. The number of amides is 1. The quantitative estimate of drug-likeness (QED) is 0.434. The molecule has 6 heteroatoms. The summed E-state index contributed by atoms with van der Waals surface area (Å²) in [6.07, 6.45) is 4.26. The number of nitrogens with zero attached hydrogens (tertiary/aromatic N) is 4. The van der Waals surface area contributed by atoms with E-state index in [0.29, 0.717) is 30.0 Å². The Kier molecular flexibility index (Phi) is 6.31. The third-order valence-corrected chi connectivity index (χ3v) is 5.36.